The van der Waals surface area contributed by atoms with E-state index in [1.165, 1.54) is 16.0 Å². The molecule has 0 aliphatic heterocycles. The average molecular weight is 350 g/mol. The van der Waals surface area contributed by atoms with Crippen molar-refractivity contribution in [2.45, 2.75) is 12.8 Å². The number of nitrogens with zero attached hydrogens (tertiary/aromatic N) is 2. The van der Waals surface area contributed by atoms with Gasteiger partial charge in [0.15, 0.2) is 0 Å². The summed E-state index contributed by atoms with van der Waals surface area (Å²) in [7, 11) is 3.36. The lowest BCUT2D eigenvalue weighted by Gasteiger charge is -2.15. The molecule has 0 radical (unpaired) electrons. The molecule has 0 bridgehead atoms. The van der Waals surface area contributed by atoms with Crippen LogP contribution in [-0.2, 0) is 12.8 Å². The van der Waals surface area contributed by atoms with Crippen LogP contribution in [0.3, 0.4) is 0 Å². The van der Waals surface area contributed by atoms with E-state index in [1.54, 1.807) is 25.6 Å². The van der Waals surface area contributed by atoms with Crippen molar-refractivity contribution in [3.8, 4) is 22.8 Å². The third-order valence-corrected chi connectivity index (χ3v) is 5.35. The fourth-order valence-electron chi connectivity index (χ4n) is 3.06. The van der Waals surface area contributed by atoms with E-state index in [4.69, 9.17) is 14.5 Å². The highest BCUT2D eigenvalue weighted by Crippen LogP contribution is 2.40. The molecule has 0 amide bonds. The molecule has 4 nitrogen and oxygen atoms in total. The minimum atomic E-state index is 0.777. The molecular formula is C20H18N2O2S. The number of fused-ring (bicyclic) bond motifs is 3. The van der Waals surface area contributed by atoms with Gasteiger partial charge in [0.25, 0.3) is 0 Å². The van der Waals surface area contributed by atoms with E-state index in [0.29, 0.717) is 0 Å². The summed E-state index contributed by atoms with van der Waals surface area (Å²) in [5.41, 5.74) is 4.49. The van der Waals surface area contributed by atoms with Gasteiger partial charge in [0.1, 0.15) is 11.5 Å². The Hall–Kier alpha value is -2.66. The Morgan fingerprint density at radius 1 is 1.08 bits per heavy atom. The van der Waals surface area contributed by atoms with E-state index in [9.17, 15) is 0 Å². The van der Waals surface area contributed by atoms with Crippen molar-refractivity contribution in [1.82, 2.24) is 4.98 Å². The summed E-state index contributed by atoms with van der Waals surface area (Å²) in [6.45, 7) is 0. The van der Waals surface area contributed by atoms with Crippen LogP contribution < -0.4 is 9.47 Å². The van der Waals surface area contributed by atoms with Gasteiger partial charge in [-0.15, -0.1) is 0 Å². The van der Waals surface area contributed by atoms with E-state index in [0.717, 1.165) is 40.7 Å². The summed E-state index contributed by atoms with van der Waals surface area (Å²) in [5.74, 6) is 1.71. The van der Waals surface area contributed by atoms with Gasteiger partial charge in [0, 0.05) is 22.2 Å². The predicted molar refractivity (Wildman–Crippen MR) is 102 cm³/mol. The summed E-state index contributed by atoms with van der Waals surface area (Å²) in [6.07, 6.45) is 3.83. The molecule has 3 aromatic rings. The second-order valence-corrected chi connectivity index (χ2v) is 6.85. The maximum Gasteiger partial charge on any atom is 0.209 e. The number of benzene rings is 2. The lowest BCUT2D eigenvalue weighted by atomic mass is 9.93. The fraction of sp³-hybridized carbons (Fsp3) is 0.200. The first-order chi connectivity index (χ1) is 12.3. The number of ether oxygens (including phenoxy) is 2. The molecule has 0 saturated carbocycles. The molecule has 1 aromatic heterocycles. The third-order valence-electron chi connectivity index (χ3n) is 4.33. The number of methoxy groups -OCH3 is 2. The second-order valence-electron chi connectivity index (χ2n) is 5.79. The van der Waals surface area contributed by atoms with E-state index in [2.05, 4.69) is 17.1 Å². The van der Waals surface area contributed by atoms with Crippen molar-refractivity contribution in [2.24, 2.45) is 4.99 Å². The number of hydrogen-bond acceptors (Lipinski definition) is 5. The average Bonchev–Trinajstić information content (AvgIpc) is 3.09. The Kier molecular flexibility index (Phi) is 4.24. The maximum atomic E-state index is 5.36. The molecule has 126 valence electrons. The highest BCUT2D eigenvalue weighted by Gasteiger charge is 2.21. The van der Waals surface area contributed by atoms with Gasteiger partial charge < -0.3 is 9.47 Å². The highest BCUT2D eigenvalue weighted by molar-refractivity contribution is 7.15. The van der Waals surface area contributed by atoms with Crippen LogP contribution in [0.2, 0.25) is 0 Å². The molecule has 2 aromatic carbocycles. The zero-order chi connectivity index (χ0) is 17.2. The van der Waals surface area contributed by atoms with Crippen LogP contribution in [0.15, 0.2) is 47.5 Å². The van der Waals surface area contributed by atoms with E-state index in [1.807, 2.05) is 36.5 Å². The number of para-hydroxylation sites is 1. The number of aliphatic imine (C=N–C) groups is 1. The third kappa shape index (κ3) is 3.03. The van der Waals surface area contributed by atoms with Crippen LogP contribution in [0.4, 0.5) is 5.13 Å². The quantitative estimate of drug-likeness (QED) is 0.642. The lowest BCUT2D eigenvalue weighted by molar-refractivity contribution is 0.414. The SMILES string of the molecule is COc1ccc2c(c1)CCc1sc(N=Cc3ccccc3OC)nc1-2. The van der Waals surface area contributed by atoms with Gasteiger partial charge in [-0.25, -0.2) is 9.98 Å². The second kappa shape index (κ2) is 6.69. The van der Waals surface area contributed by atoms with E-state index in [-0.39, 0.29) is 0 Å². The Morgan fingerprint density at radius 3 is 2.80 bits per heavy atom. The minimum Gasteiger partial charge on any atom is -0.497 e. The van der Waals surface area contributed by atoms with Crippen molar-refractivity contribution >= 4 is 22.7 Å². The van der Waals surface area contributed by atoms with Crippen LogP contribution in [0.25, 0.3) is 11.3 Å². The maximum absolute atomic E-state index is 5.36. The van der Waals surface area contributed by atoms with Gasteiger partial charge >= 0.3 is 0 Å². The molecule has 1 aliphatic rings. The first-order valence-corrected chi connectivity index (χ1v) is 8.94. The van der Waals surface area contributed by atoms with Crippen LogP contribution in [-0.4, -0.2) is 25.4 Å². The summed E-state index contributed by atoms with van der Waals surface area (Å²) < 4.78 is 10.7. The first-order valence-electron chi connectivity index (χ1n) is 8.12. The summed E-state index contributed by atoms with van der Waals surface area (Å²) >= 11 is 1.66. The molecule has 25 heavy (non-hydrogen) atoms. The normalized spacial score (nSPS) is 12.7. The molecule has 1 heterocycles. The van der Waals surface area contributed by atoms with Crippen LogP contribution in [0.1, 0.15) is 16.0 Å². The van der Waals surface area contributed by atoms with Gasteiger partial charge in [-0.05, 0) is 48.7 Å². The van der Waals surface area contributed by atoms with E-state index < -0.39 is 0 Å². The Labute approximate surface area is 150 Å². The molecule has 0 unspecified atom stereocenters. The molecule has 1 aliphatic carbocycles. The molecule has 0 spiro atoms. The highest BCUT2D eigenvalue weighted by atomic mass is 32.1. The molecule has 0 N–H and O–H groups in total. The van der Waals surface area contributed by atoms with Crippen molar-refractivity contribution in [3.05, 3.63) is 58.5 Å². The van der Waals surface area contributed by atoms with Crippen LogP contribution in [0.5, 0.6) is 11.5 Å². The standard InChI is InChI=1S/C20H18N2O2S/c1-23-15-8-9-16-13(11-15)7-10-18-19(16)22-20(25-18)21-12-14-5-3-4-6-17(14)24-2/h3-6,8-9,11-12H,7,10H2,1-2H3. The summed E-state index contributed by atoms with van der Waals surface area (Å²) in [4.78, 5) is 10.6. The lowest BCUT2D eigenvalue weighted by Crippen LogP contribution is -2.02. The minimum absolute atomic E-state index is 0.777. The van der Waals surface area contributed by atoms with Gasteiger partial charge in [-0.3, -0.25) is 0 Å². The van der Waals surface area contributed by atoms with Gasteiger partial charge in [-0.1, -0.05) is 23.5 Å². The van der Waals surface area contributed by atoms with E-state index >= 15 is 0 Å². The molecule has 0 saturated heterocycles. The molecule has 4 rings (SSSR count). The number of rotatable bonds is 4. The zero-order valence-electron chi connectivity index (χ0n) is 14.2. The molecule has 5 heteroatoms. The number of thiazole rings is 1. The smallest absolute Gasteiger partial charge is 0.209 e. The van der Waals surface area contributed by atoms with Crippen molar-refractivity contribution in [3.63, 3.8) is 0 Å². The Balaban J connectivity index is 1.66. The van der Waals surface area contributed by atoms with Gasteiger partial charge in [0.05, 0.1) is 19.9 Å². The predicted octanol–water partition coefficient (Wildman–Crippen LogP) is 4.68. The number of aryl methyl sites for hydroxylation is 2. The summed E-state index contributed by atoms with van der Waals surface area (Å²) in [6, 6.07) is 14.0. The van der Waals surface area contributed by atoms with Crippen molar-refractivity contribution in [1.29, 1.82) is 0 Å². The number of hydrogen-bond donors (Lipinski definition) is 0. The largest absolute Gasteiger partial charge is 0.497 e. The molecule has 0 atom stereocenters. The van der Waals surface area contributed by atoms with Gasteiger partial charge in [0.2, 0.25) is 5.13 Å². The topological polar surface area (TPSA) is 43.7 Å². The monoisotopic (exact) mass is 350 g/mol. The zero-order valence-corrected chi connectivity index (χ0v) is 15.0. The molecule has 0 fully saturated rings. The van der Waals surface area contributed by atoms with Crippen molar-refractivity contribution < 1.29 is 9.47 Å². The Morgan fingerprint density at radius 2 is 1.96 bits per heavy atom. The molecular weight excluding hydrogens is 332 g/mol. The fourth-order valence-corrected chi connectivity index (χ4v) is 3.97. The Bertz CT molecular complexity index is 947. The van der Waals surface area contributed by atoms with Crippen LogP contribution in [0, 0.1) is 0 Å². The van der Waals surface area contributed by atoms with Crippen LogP contribution >= 0.6 is 11.3 Å². The first kappa shape index (κ1) is 15.8. The summed E-state index contributed by atoms with van der Waals surface area (Å²) in [5, 5.41) is 0.777. The van der Waals surface area contributed by atoms with Gasteiger partial charge in [-0.2, -0.15) is 0 Å². The van der Waals surface area contributed by atoms with Crippen molar-refractivity contribution in [2.75, 3.05) is 14.2 Å². The number of aromatic nitrogens is 1.